The van der Waals surface area contributed by atoms with Crippen LogP contribution in [0.15, 0.2) is 24.3 Å². The molecule has 100 valence electrons. The van der Waals surface area contributed by atoms with Gasteiger partial charge in [0.05, 0.1) is 7.11 Å². The molecule has 1 aromatic rings. The van der Waals surface area contributed by atoms with E-state index < -0.39 is 0 Å². The molecule has 0 aliphatic heterocycles. The minimum Gasteiger partial charge on any atom is -0.469 e. The second-order valence-corrected chi connectivity index (χ2v) is 3.93. The Balaban J connectivity index is 2.67. The first-order valence-electron chi connectivity index (χ1n) is 5.93. The molecule has 0 fully saturated rings. The van der Waals surface area contributed by atoms with Crippen molar-refractivity contribution in [2.45, 2.75) is 25.6 Å². The predicted octanol–water partition coefficient (Wildman–Crippen LogP) is 2.47. The average Bonchev–Trinajstić information content (AvgIpc) is 2.41. The van der Waals surface area contributed by atoms with E-state index in [4.69, 9.17) is 9.47 Å². The fourth-order valence-electron chi connectivity index (χ4n) is 1.87. The van der Waals surface area contributed by atoms with E-state index in [-0.39, 0.29) is 12.3 Å². The van der Waals surface area contributed by atoms with E-state index in [0.717, 1.165) is 24.0 Å². The summed E-state index contributed by atoms with van der Waals surface area (Å²) in [4.78, 5) is 11.1. The molecular weight excluding hydrogens is 232 g/mol. The van der Waals surface area contributed by atoms with Gasteiger partial charge in [-0.05, 0) is 18.4 Å². The third-order valence-electron chi connectivity index (χ3n) is 2.79. The summed E-state index contributed by atoms with van der Waals surface area (Å²) in [7, 11) is 4.63. The summed E-state index contributed by atoms with van der Waals surface area (Å²) in [6, 6.07) is 7.92. The first-order valence-corrected chi connectivity index (χ1v) is 5.93. The number of carbonyl (C=O) groups is 1. The van der Waals surface area contributed by atoms with Crippen molar-refractivity contribution in [1.82, 2.24) is 0 Å². The van der Waals surface area contributed by atoms with E-state index in [1.54, 1.807) is 14.2 Å². The summed E-state index contributed by atoms with van der Waals surface area (Å²) in [5.41, 5.74) is 2.14. The molecule has 0 aliphatic carbocycles. The maximum atomic E-state index is 11.1. The number of benzene rings is 1. The second-order valence-electron chi connectivity index (χ2n) is 3.93. The standard InChI is InChI=1S/C14H20O4/c1-16-13(15)10-6-8-11-7-4-5-9-12(11)14(17-2)18-3/h4-5,7,9,14H,6,8,10H2,1-3H3. The van der Waals surface area contributed by atoms with Gasteiger partial charge in [-0.25, -0.2) is 0 Å². The first kappa shape index (κ1) is 14.7. The Morgan fingerprint density at radius 3 is 2.44 bits per heavy atom. The van der Waals surface area contributed by atoms with Crippen LogP contribution in [0.25, 0.3) is 0 Å². The van der Waals surface area contributed by atoms with Gasteiger partial charge in [-0.2, -0.15) is 0 Å². The number of aryl methyl sites for hydroxylation is 1. The number of hydrogen-bond acceptors (Lipinski definition) is 4. The third kappa shape index (κ3) is 4.13. The number of ether oxygens (including phenoxy) is 3. The minimum atomic E-state index is -0.362. The van der Waals surface area contributed by atoms with Gasteiger partial charge in [-0.1, -0.05) is 24.3 Å². The smallest absolute Gasteiger partial charge is 0.305 e. The van der Waals surface area contributed by atoms with Crippen molar-refractivity contribution in [3.05, 3.63) is 35.4 Å². The molecule has 0 radical (unpaired) electrons. The summed E-state index contributed by atoms with van der Waals surface area (Å²) < 4.78 is 15.1. The Bertz CT molecular complexity index is 372. The van der Waals surface area contributed by atoms with Crippen LogP contribution >= 0.6 is 0 Å². The van der Waals surface area contributed by atoms with E-state index >= 15 is 0 Å². The summed E-state index contributed by atoms with van der Waals surface area (Å²) >= 11 is 0. The lowest BCUT2D eigenvalue weighted by molar-refractivity contribution is -0.140. The van der Waals surface area contributed by atoms with E-state index in [1.165, 1.54) is 7.11 Å². The second kappa shape index (κ2) is 7.84. The van der Waals surface area contributed by atoms with Crippen LogP contribution in [0.5, 0.6) is 0 Å². The van der Waals surface area contributed by atoms with Crippen molar-refractivity contribution >= 4 is 5.97 Å². The molecule has 0 N–H and O–H groups in total. The van der Waals surface area contributed by atoms with Crippen molar-refractivity contribution in [1.29, 1.82) is 0 Å². The predicted molar refractivity (Wildman–Crippen MR) is 68.2 cm³/mol. The highest BCUT2D eigenvalue weighted by Gasteiger charge is 2.13. The van der Waals surface area contributed by atoms with E-state index in [1.807, 2.05) is 24.3 Å². The molecule has 18 heavy (non-hydrogen) atoms. The molecule has 0 saturated heterocycles. The number of esters is 1. The minimum absolute atomic E-state index is 0.178. The fourth-order valence-corrected chi connectivity index (χ4v) is 1.87. The van der Waals surface area contributed by atoms with Gasteiger partial charge in [-0.15, -0.1) is 0 Å². The lowest BCUT2D eigenvalue weighted by atomic mass is 10.0. The first-order chi connectivity index (χ1) is 8.72. The number of hydrogen-bond donors (Lipinski definition) is 0. The fraction of sp³-hybridized carbons (Fsp3) is 0.500. The summed E-state index contributed by atoms with van der Waals surface area (Å²) in [5, 5.41) is 0. The molecule has 0 unspecified atom stereocenters. The Hall–Kier alpha value is -1.39. The number of methoxy groups -OCH3 is 3. The zero-order valence-corrected chi connectivity index (χ0v) is 11.1. The highest BCUT2D eigenvalue weighted by molar-refractivity contribution is 5.69. The summed E-state index contributed by atoms with van der Waals surface area (Å²) in [5.74, 6) is -0.178. The lowest BCUT2D eigenvalue weighted by Gasteiger charge is -2.17. The van der Waals surface area contributed by atoms with Crippen LogP contribution in [-0.2, 0) is 25.4 Å². The maximum absolute atomic E-state index is 11.1. The van der Waals surface area contributed by atoms with Crippen molar-refractivity contribution < 1.29 is 19.0 Å². The highest BCUT2D eigenvalue weighted by atomic mass is 16.7. The average molecular weight is 252 g/mol. The van der Waals surface area contributed by atoms with Crippen LogP contribution in [0, 0.1) is 0 Å². The topological polar surface area (TPSA) is 44.8 Å². The van der Waals surface area contributed by atoms with Gasteiger partial charge in [0.15, 0.2) is 6.29 Å². The van der Waals surface area contributed by atoms with Crippen molar-refractivity contribution in [3.63, 3.8) is 0 Å². The quantitative estimate of drug-likeness (QED) is 0.552. The normalized spacial score (nSPS) is 10.7. The molecule has 0 atom stereocenters. The Morgan fingerprint density at radius 2 is 1.83 bits per heavy atom. The highest BCUT2D eigenvalue weighted by Crippen LogP contribution is 2.22. The van der Waals surface area contributed by atoms with Crippen LogP contribution in [-0.4, -0.2) is 27.3 Å². The SMILES string of the molecule is COC(=O)CCCc1ccccc1C(OC)OC. The lowest BCUT2D eigenvalue weighted by Crippen LogP contribution is -2.08. The van der Waals surface area contributed by atoms with Crippen LogP contribution in [0.1, 0.15) is 30.3 Å². The summed E-state index contributed by atoms with van der Waals surface area (Å²) in [6.07, 6.45) is 1.62. The molecule has 0 spiro atoms. The van der Waals surface area contributed by atoms with Gasteiger partial charge in [0.2, 0.25) is 0 Å². The molecule has 1 aromatic carbocycles. The zero-order valence-electron chi connectivity index (χ0n) is 11.1. The van der Waals surface area contributed by atoms with Gasteiger partial charge in [0, 0.05) is 26.2 Å². The third-order valence-corrected chi connectivity index (χ3v) is 2.79. The van der Waals surface area contributed by atoms with Crippen LogP contribution < -0.4 is 0 Å². The monoisotopic (exact) mass is 252 g/mol. The number of rotatable bonds is 7. The van der Waals surface area contributed by atoms with Gasteiger partial charge >= 0.3 is 5.97 Å². The van der Waals surface area contributed by atoms with Gasteiger partial charge in [0.1, 0.15) is 0 Å². The maximum Gasteiger partial charge on any atom is 0.305 e. The molecule has 0 amide bonds. The molecule has 0 aromatic heterocycles. The molecule has 0 heterocycles. The van der Waals surface area contributed by atoms with Crippen molar-refractivity contribution in [2.75, 3.05) is 21.3 Å². The Kier molecular flexibility index (Phi) is 6.39. The molecule has 0 aliphatic rings. The van der Waals surface area contributed by atoms with Gasteiger partial charge in [0.25, 0.3) is 0 Å². The molecule has 0 saturated carbocycles. The molecular formula is C14H20O4. The Morgan fingerprint density at radius 1 is 1.17 bits per heavy atom. The van der Waals surface area contributed by atoms with Crippen molar-refractivity contribution in [2.24, 2.45) is 0 Å². The van der Waals surface area contributed by atoms with E-state index in [9.17, 15) is 4.79 Å². The Labute approximate surface area is 108 Å². The van der Waals surface area contributed by atoms with E-state index in [0.29, 0.717) is 6.42 Å². The molecule has 1 rings (SSSR count). The van der Waals surface area contributed by atoms with Crippen molar-refractivity contribution in [3.8, 4) is 0 Å². The largest absolute Gasteiger partial charge is 0.469 e. The summed E-state index contributed by atoms with van der Waals surface area (Å²) in [6.45, 7) is 0. The van der Waals surface area contributed by atoms with Crippen LogP contribution in [0.3, 0.4) is 0 Å². The molecule has 0 bridgehead atoms. The van der Waals surface area contributed by atoms with Crippen LogP contribution in [0.2, 0.25) is 0 Å². The van der Waals surface area contributed by atoms with E-state index in [2.05, 4.69) is 4.74 Å². The van der Waals surface area contributed by atoms with Crippen LogP contribution in [0.4, 0.5) is 0 Å². The van der Waals surface area contributed by atoms with Gasteiger partial charge in [-0.3, -0.25) is 4.79 Å². The zero-order chi connectivity index (χ0) is 13.4. The molecule has 4 heteroatoms. The van der Waals surface area contributed by atoms with Gasteiger partial charge < -0.3 is 14.2 Å². The number of carbonyl (C=O) groups excluding carboxylic acids is 1. The molecule has 4 nitrogen and oxygen atoms in total.